The van der Waals surface area contributed by atoms with E-state index in [9.17, 15) is 19.2 Å². The second kappa shape index (κ2) is 13.1. The Balaban J connectivity index is 3.23. The van der Waals surface area contributed by atoms with Gasteiger partial charge >= 0.3 is 23.9 Å². The Kier molecular flexibility index (Phi) is 11.2. The average Bonchev–Trinajstić information content (AvgIpc) is 2.64. The molecular formula is C19H29NO10S. The first-order valence-corrected chi connectivity index (χ1v) is 10.2. The largest absolute Gasteiger partial charge is 0.471 e. The maximum atomic E-state index is 11.8. The molecule has 1 N–H and O–H groups in total. The third-order valence-electron chi connectivity index (χ3n) is 3.98. The van der Waals surface area contributed by atoms with Crippen molar-refractivity contribution in [3.05, 3.63) is 0 Å². The fraction of sp³-hybridized carbons (Fsp3) is 0.737. The van der Waals surface area contributed by atoms with Crippen molar-refractivity contribution in [2.24, 2.45) is 0 Å². The summed E-state index contributed by atoms with van der Waals surface area (Å²) in [6.07, 6.45) is -4.28. The number of carbonyl (C=O) groups excluding carboxylic acids is 4. The standard InChI is InChI=1S/C19H29NO10S/c1-6-7-8-25-19(31)20-18-17(29-13(5)24)16(28-12(4)23)15(27-11(3)22)14(30-18)9-26-10(2)21/h14-18H,6-9H2,1-5H3,(H,20,31). The molecule has 0 saturated carbocycles. The second-order valence-electron chi connectivity index (χ2n) is 6.75. The molecule has 0 radical (unpaired) electrons. The molecular weight excluding hydrogens is 434 g/mol. The zero-order chi connectivity index (χ0) is 23.6. The number of hydrogen-bond donors (Lipinski definition) is 1. The van der Waals surface area contributed by atoms with Crippen LogP contribution in [0.5, 0.6) is 0 Å². The Morgan fingerprint density at radius 2 is 1.39 bits per heavy atom. The molecule has 31 heavy (non-hydrogen) atoms. The van der Waals surface area contributed by atoms with Crippen LogP contribution in [0, 0.1) is 0 Å². The van der Waals surface area contributed by atoms with Gasteiger partial charge in [0.15, 0.2) is 24.5 Å². The van der Waals surface area contributed by atoms with Crippen molar-refractivity contribution in [3.8, 4) is 0 Å². The van der Waals surface area contributed by atoms with Crippen LogP contribution in [0.2, 0.25) is 0 Å². The van der Waals surface area contributed by atoms with E-state index in [0.717, 1.165) is 33.6 Å². The Morgan fingerprint density at radius 3 is 1.90 bits per heavy atom. The van der Waals surface area contributed by atoms with Crippen LogP contribution >= 0.6 is 12.2 Å². The van der Waals surface area contributed by atoms with Gasteiger partial charge in [-0.25, -0.2) is 0 Å². The first-order valence-electron chi connectivity index (χ1n) is 9.78. The minimum Gasteiger partial charge on any atom is -0.471 e. The molecule has 176 valence electrons. The van der Waals surface area contributed by atoms with E-state index in [0.29, 0.717) is 6.61 Å². The highest BCUT2D eigenvalue weighted by Gasteiger charge is 2.52. The van der Waals surface area contributed by atoms with Crippen LogP contribution in [-0.2, 0) is 47.6 Å². The van der Waals surface area contributed by atoms with Gasteiger partial charge in [-0.1, -0.05) is 13.3 Å². The normalized spacial score (nSPS) is 25.0. The van der Waals surface area contributed by atoms with Gasteiger partial charge in [0.2, 0.25) is 0 Å². The van der Waals surface area contributed by atoms with Gasteiger partial charge in [-0.2, -0.15) is 0 Å². The molecule has 1 aliphatic rings. The molecule has 0 aromatic rings. The van der Waals surface area contributed by atoms with E-state index in [1.54, 1.807) is 0 Å². The fourth-order valence-electron chi connectivity index (χ4n) is 2.81. The third-order valence-corrected chi connectivity index (χ3v) is 4.22. The summed E-state index contributed by atoms with van der Waals surface area (Å²) < 4.78 is 32.2. The molecule has 1 fully saturated rings. The highest BCUT2D eigenvalue weighted by molar-refractivity contribution is 7.80. The summed E-state index contributed by atoms with van der Waals surface area (Å²) in [6.45, 7) is 6.67. The van der Waals surface area contributed by atoms with Crippen molar-refractivity contribution in [3.63, 3.8) is 0 Å². The third kappa shape index (κ3) is 9.47. The fourth-order valence-corrected chi connectivity index (χ4v) is 3.01. The van der Waals surface area contributed by atoms with Crippen LogP contribution in [0.25, 0.3) is 0 Å². The van der Waals surface area contributed by atoms with E-state index in [-0.39, 0.29) is 11.8 Å². The Bertz CT molecular complexity index is 670. The maximum Gasteiger partial charge on any atom is 0.303 e. The van der Waals surface area contributed by atoms with Crippen LogP contribution in [0.15, 0.2) is 0 Å². The first kappa shape index (κ1) is 26.6. The summed E-state index contributed by atoms with van der Waals surface area (Å²) in [4.78, 5) is 46.4. The lowest BCUT2D eigenvalue weighted by molar-refractivity contribution is -0.255. The molecule has 0 spiro atoms. The van der Waals surface area contributed by atoms with Gasteiger partial charge in [0.25, 0.3) is 5.17 Å². The van der Waals surface area contributed by atoms with Crippen LogP contribution in [0.3, 0.4) is 0 Å². The average molecular weight is 464 g/mol. The predicted molar refractivity (Wildman–Crippen MR) is 109 cm³/mol. The monoisotopic (exact) mass is 463 g/mol. The number of unbranched alkanes of at least 4 members (excludes halogenated alkanes) is 1. The minimum atomic E-state index is -1.27. The molecule has 5 unspecified atom stereocenters. The van der Waals surface area contributed by atoms with Crippen LogP contribution < -0.4 is 5.32 Å². The number of thiocarbonyl (C=S) groups is 1. The van der Waals surface area contributed by atoms with Gasteiger partial charge in [0, 0.05) is 27.7 Å². The van der Waals surface area contributed by atoms with Gasteiger partial charge < -0.3 is 33.7 Å². The summed E-state index contributed by atoms with van der Waals surface area (Å²) in [5.74, 6) is -2.72. The molecule has 1 saturated heterocycles. The van der Waals surface area contributed by atoms with Gasteiger partial charge in [-0.3, -0.25) is 19.2 Å². The van der Waals surface area contributed by atoms with Crippen LogP contribution in [0.1, 0.15) is 47.5 Å². The van der Waals surface area contributed by atoms with Crippen LogP contribution in [0.4, 0.5) is 0 Å². The van der Waals surface area contributed by atoms with Crippen molar-refractivity contribution in [2.75, 3.05) is 13.2 Å². The van der Waals surface area contributed by atoms with Gasteiger partial charge in [-0.15, -0.1) is 0 Å². The summed E-state index contributed by atoms with van der Waals surface area (Å²) in [5.41, 5.74) is 0. The van der Waals surface area contributed by atoms with Gasteiger partial charge in [0.05, 0.1) is 6.61 Å². The highest BCUT2D eigenvalue weighted by Crippen LogP contribution is 2.28. The molecule has 1 aliphatic heterocycles. The van der Waals surface area contributed by atoms with Crippen molar-refractivity contribution in [1.82, 2.24) is 5.32 Å². The molecule has 11 nitrogen and oxygen atoms in total. The highest BCUT2D eigenvalue weighted by atomic mass is 32.1. The molecule has 0 aromatic heterocycles. The summed E-state index contributed by atoms with van der Waals surface area (Å²) in [6, 6.07) is 0. The summed E-state index contributed by atoms with van der Waals surface area (Å²) in [7, 11) is 0. The quantitative estimate of drug-likeness (QED) is 0.224. The Hall–Kier alpha value is -2.47. The molecule has 5 atom stereocenters. The number of hydrogen-bond acceptors (Lipinski definition) is 11. The SMILES string of the molecule is CCCCOC(=S)NC1OC(COC(C)=O)C(OC(C)=O)C(OC(C)=O)C1OC(C)=O. The molecule has 0 aliphatic carbocycles. The molecule has 12 heteroatoms. The summed E-state index contributed by atoms with van der Waals surface area (Å²) in [5, 5.41) is 2.73. The summed E-state index contributed by atoms with van der Waals surface area (Å²) >= 11 is 5.15. The number of rotatable bonds is 9. The molecule has 0 amide bonds. The Morgan fingerprint density at radius 1 is 0.839 bits per heavy atom. The predicted octanol–water partition coefficient (Wildman–Crippen LogP) is 0.761. The molecule has 1 rings (SSSR count). The lowest BCUT2D eigenvalue weighted by Gasteiger charge is -2.44. The van der Waals surface area contributed by atoms with E-state index < -0.39 is 54.5 Å². The van der Waals surface area contributed by atoms with E-state index >= 15 is 0 Å². The number of esters is 4. The van der Waals surface area contributed by atoms with E-state index in [1.165, 1.54) is 6.92 Å². The van der Waals surface area contributed by atoms with Crippen molar-refractivity contribution < 1.29 is 47.6 Å². The lowest BCUT2D eigenvalue weighted by Crippen LogP contribution is -2.66. The van der Waals surface area contributed by atoms with Crippen molar-refractivity contribution >= 4 is 41.3 Å². The van der Waals surface area contributed by atoms with Gasteiger partial charge in [-0.05, 0) is 18.6 Å². The Labute approximate surface area is 186 Å². The van der Waals surface area contributed by atoms with Crippen molar-refractivity contribution in [1.29, 1.82) is 0 Å². The van der Waals surface area contributed by atoms with Crippen molar-refractivity contribution in [2.45, 2.75) is 78.1 Å². The van der Waals surface area contributed by atoms with E-state index in [2.05, 4.69) is 5.32 Å². The molecule has 1 heterocycles. The first-order chi connectivity index (χ1) is 14.5. The number of carbonyl (C=O) groups is 4. The minimum absolute atomic E-state index is 0.0330. The number of ether oxygens (including phenoxy) is 6. The second-order valence-corrected chi connectivity index (χ2v) is 7.12. The topological polar surface area (TPSA) is 136 Å². The van der Waals surface area contributed by atoms with Gasteiger partial charge in [0.1, 0.15) is 12.7 Å². The number of nitrogens with one attached hydrogen (secondary N) is 1. The maximum absolute atomic E-state index is 11.8. The van der Waals surface area contributed by atoms with E-state index in [4.69, 9.17) is 40.6 Å². The lowest BCUT2D eigenvalue weighted by atomic mass is 9.97. The smallest absolute Gasteiger partial charge is 0.303 e. The molecule has 0 aromatic carbocycles. The zero-order valence-electron chi connectivity index (χ0n) is 18.2. The molecule has 0 bridgehead atoms. The zero-order valence-corrected chi connectivity index (χ0v) is 19.0. The van der Waals surface area contributed by atoms with Crippen LogP contribution in [-0.4, -0.2) is 72.9 Å². The van der Waals surface area contributed by atoms with E-state index in [1.807, 2.05) is 6.92 Å².